The van der Waals surface area contributed by atoms with Crippen LogP contribution in [0.15, 0.2) is 48.5 Å². The molecule has 3 amide bonds. The van der Waals surface area contributed by atoms with Crippen LogP contribution in [0.2, 0.25) is 0 Å². The van der Waals surface area contributed by atoms with Crippen LogP contribution >= 0.6 is 0 Å². The number of carboxylic acid groups (broad SMARTS) is 1. The minimum atomic E-state index is -0.954. The predicted octanol–water partition coefficient (Wildman–Crippen LogP) is 6.34. The highest BCUT2D eigenvalue weighted by molar-refractivity contribution is 5.94. The van der Waals surface area contributed by atoms with E-state index in [9.17, 15) is 14.4 Å². The van der Waals surface area contributed by atoms with Crippen LogP contribution in [0, 0.1) is 11.8 Å². The zero-order chi connectivity index (χ0) is 27.2. The Kier molecular flexibility index (Phi) is 12.7. The number of anilines is 1. The molecule has 0 saturated carbocycles. The van der Waals surface area contributed by atoms with Gasteiger partial charge in [0.15, 0.2) is 0 Å². The summed E-state index contributed by atoms with van der Waals surface area (Å²) in [5, 5.41) is 14.4. The van der Waals surface area contributed by atoms with Crippen LogP contribution in [0.25, 0.3) is 0 Å². The monoisotopic (exact) mass is 509 g/mol. The van der Waals surface area contributed by atoms with E-state index < -0.39 is 5.97 Å². The van der Waals surface area contributed by atoms with E-state index in [1.807, 2.05) is 29.2 Å². The number of unbranched alkanes of at least 4 members (excludes halogenated alkanes) is 1. The van der Waals surface area contributed by atoms with Gasteiger partial charge in [0.05, 0.1) is 6.42 Å². The van der Waals surface area contributed by atoms with Gasteiger partial charge in [0, 0.05) is 30.9 Å². The summed E-state index contributed by atoms with van der Waals surface area (Å²) in [6, 6.07) is 15.0. The second kappa shape index (κ2) is 15.7. The first-order chi connectivity index (χ1) is 17.7. The largest absolute Gasteiger partial charge is 0.481 e. The Labute approximate surface area is 221 Å². The lowest BCUT2D eigenvalue weighted by molar-refractivity contribution is -0.136. The number of nitrogens with one attached hydrogen (secondary N) is 2. The van der Waals surface area contributed by atoms with E-state index in [0.717, 1.165) is 43.4 Å². The zero-order valence-electron chi connectivity index (χ0n) is 22.8. The summed E-state index contributed by atoms with van der Waals surface area (Å²) in [6.45, 7) is 9.90. The molecule has 0 bridgehead atoms. The second-order valence-corrected chi connectivity index (χ2v) is 10.1. The minimum Gasteiger partial charge on any atom is -0.481 e. The Morgan fingerprint density at radius 3 is 2.16 bits per heavy atom. The van der Waals surface area contributed by atoms with E-state index in [-0.39, 0.29) is 24.9 Å². The molecule has 2 aromatic rings. The number of carbonyl (C=O) groups excluding carboxylic acids is 2. The van der Waals surface area contributed by atoms with Crippen molar-refractivity contribution < 1.29 is 19.5 Å². The molecule has 7 heteroatoms. The molecule has 0 spiro atoms. The van der Waals surface area contributed by atoms with Crippen LogP contribution in [0.5, 0.6) is 0 Å². The summed E-state index contributed by atoms with van der Waals surface area (Å²) in [7, 11) is 0. The fraction of sp³-hybridized carbons (Fsp3) is 0.500. The smallest absolute Gasteiger partial charge is 0.322 e. The van der Waals surface area contributed by atoms with Crippen LogP contribution < -0.4 is 10.6 Å². The molecule has 0 radical (unpaired) electrons. The molecule has 0 aliphatic heterocycles. The SMILES string of the molecule is CCCCC(CC)CN(Cc1ccc(C(=O)NCCC(=O)O)cc1)C(=O)Nc1ccc(CC(C)C)cc1. The van der Waals surface area contributed by atoms with Crippen LogP contribution in [0.3, 0.4) is 0 Å². The molecule has 0 aromatic heterocycles. The summed E-state index contributed by atoms with van der Waals surface area (Å²) in [6.07, 6.45) is 5.23. The fourth-order valence-electron chi connectivity index (χ4n) is 4.21. The molecule has 0 saturated heterocycles. The summed E-state index contributed by atoms with van der Waals surface area (Å²) in [5.74, 6) is -0.274. The lowest BCUT2D eigenvalue weighted by Crippen LogP contribution is -2.38. The van der Waals surface area contributed by atoms with E-state index in [2.05, 4.69) is 50.5 Å². The molecule has 1 atom stereocenters. The van der Waals surface area contributed by atoms with Crippen molar-refractivity contribution in [2.45, 2.75) is 72.8 Å². The number of rotatable bonds is 15. The summed E-state index contributed by atoms with van der Waals surface area (Å²) in [4.78, 5) is 38.1. The number of hydrogen-bond donors (Lipinski definition) is 3. The van der Waals surface area contributed by atoms with Gasteiger partial charge in [0.25, 0.3) is 5.91 Å². The van der Waals surface area contributed by atoms with E-state index in [1.54, 1.807) is 12.1 Å². The van der Waals surface area contributed by atoms with Crippen molar-refractivity contribution in [3.05, 3.63) is 65.2 Å². The third kappa shape index (κ3) is 11.1. The van der Waals surface area contributed by atoms with Crippen molar-refractivity contribution >= 4 is 23.6 Å². The topological polar surface area (TPSA) is 98.7 Å². The summed E-state index contributed by atoms with van der Waals surface area (Å²) >= 11 is 0. The maximum Gasteiger partial charge on any atom is 0.322 e. The molecule has 0 fully saturated rings. The molecule has 0 heterocycles. The maximum atomic E-state index is 13.4. The number of carbonyl (C=O) groups is 3. The van der Waals surface area contributed by atoms with Gasteiger partial charge in [-0.15, -0.1) is 0 Å². The van der Waals surface area contributed by atoms with Gasteiger partial charge in [0.2, 0.25) is 0 Å². The lowest BCUT2D eigenvalue weighted by atomic mass is 9.98. The van der Waals surface area contributed by atoms with Crippen LogP contribution in [-0.2, 0) is 17.8 Å². The Balaban J connectivity index is 2.11. The van der Waals surface area contributed by atoms with E-state index in [0.29, 0.717) is 30.5 Å². The Hall–Kier alpha value is -3.35. The van der Waals surface area contributed by atoms with Crippen molar-refractivity contribution in [1.29, 1.82) is 0 Å². The van der Waals surface area contributed by atoms with Gasteiger partial charge in [0.1, 0.15) is 0 Å². The summed E-state index contributed by atoms with van der Waals surface area (Å²) in [5.41, 5.74) is 3.41. The Bertz CT molecular complexity index is 987. The first kappa shape index (κ1) is 29.9. The number of nitrogens with zero attached hydrogens (tertiary/aromatic N) is 1. The molecule has 2 rings (SSSR count). The van der Waals surface area contributed by atoms with Gasteiger partial charge in [-0.1, -0.05) is 71.2 Å². The normalized spacial score (nSPS) is 11.7. The quantitative estimate of drug-likeness (QED) is 0.261. The van der Waals surface area contributed by atoms with Crippen molar-refractivity contribution in [3.63, 3.8) is 0 Å². The van der Waals surface area contributed by atoms with Crippen molar-refractivity contribution in [1.82, 2.24) is 10.2 Å². The molecular weight excluding hydrogens is 466 g/mol. The van der Waals surface area contributed by atoms with Gasteiger partial charge in [-0.3, -0.25) is 9.59 Å². The van der Waals surface area contributed by atoms with E-state index in [4.69, 9.17) is 5.11 Å². The van der Waals surface area contributed by atoms with Crippen molar-refractivity contribution in [2.24, 2.45) is 11.8 Å². The van der Waals surface area contributed by atoms with Crippen LogP contribution in [-0.4, -0.2) is 41.0 Å². The lowest BCUT2D eigenvalue weighted by Gasteiger charge is -2.28. The number of urea groups is 1. The van der Waals surface area contributed by atoms with Crippen LogP contribution in [0.4, 0.5) is 10.5 Å². The van der Waals surface area contributed by atoms with E-state index in [1.165, 1.54) is 5.56 Å². The highest BCUT2D eigenvalue weighted by Crippen LogP contribution is 2.19. The molecule has 202 valence electrons. The Morgan fingerprint density at radius 1 is 0.946 bits per heavy atom. The van der Waals surface area contributed by atoms with Gasteiger partial charge in [-0.25, -0.2) is 4.79 Å². The molecule has 1 unspecified atom stereocenters. The highest BCUT2D eigenvalue weighted by atomic mass is 16.4. The van der Waals surface area contributed by atoms with Gasteiger partial charge in [-0.2, -0.15) is 0 Å². The molecule has 0 aliphatic carbocycles. The summed E-state index contributed by atoms with van der Waals surface area (Å²) < 4.78 is 0. The first-order valence-electron chi connectivity index (χ1n) is 13.5. The molecule has 37 heavy (non-hydrogen) atoms. The predicted molar refractivity (Wildman–Crippen MR) is 149 cm³/mol. The van der Waals surface area contributed by atoms with Gasteiger partial charge >= 0.3 is 12.0 Å². The average Bonchev–Trinajstić information content (AvgIpc) is 2.86. The molecule has 0 aliphatic rings. The second-order valence-electron chi connectivity index (χ2n) is 10.1. The zero-order valence-corrected chi connectivity index (χ0v) is 22.8. The van der Waals surface area contributed by atoms with Gasteiger partial charge < -0.3 is 20.6 Å². The molecule has 3 N–H and O–H groups in total. The highest BCUT2D eigenvalue weighted by Gasteiger charge is 2.19. The van der Waals surface area contributed by atoms with E-state index >= 15 is 0 Å². The number of hydrogen-bond acceptors (Lipinski definition) is 3. The van der Waals surface area contributed by atoms with Gasteiger partial charge in [-0.05, 0) is 60.1 Å². The van der Waals surface area contributed by atoms with Crippen molar-refractivity contribution in [3.8, 4) is 0 Å². The number of carboxylic acids is 1. The van der Waals surface area contributed by atoms with Crippen molar-refractivity contribution in [2.75, 3.05) is 18.4 Å². The number of aliphatic carboxylic acids is 1. The third-order valence-corrected chi connectivity index (χ3v) is 6.37. The first-order valence-corrected chi connectivity index (χ1v) is 13.5. The minimum absolute atomic E-state index is 0.0818. The number of benzene rings is 2. The molecule has 2 aromatic carbocycles. The Morgan fingerprint density at radius 2 is 1.59 bits per heavy atom. The average molecular weight is 510 g/mol. The standard InChI is InChI=1S/C30H43N3O4/c1-5-7-8-23(6-2)20-33(30(37)32-27-15-11-24(12-16-27)19-22(3)4)21-25-9-13-26(14-10-25)29(36)31-18-17-28(34)35/h9-16,22-23H,5-8,17-21H2,1-4H3,(H,31,36)(H,32,37)(H,34,35). The fourth-order valence-corrected chi connectivity index (χ4v) is 4.21. The maximum absolute atomic E-state index is 13.4. The van der Waals surface area contributed by atoms with Crippen LogP contribution in [0.1, 0.15) is 81.3 Å². The third-order valence-electron chi connectivity index (χ3n) is 6.37. The molecular formula is C30H43N3O4. The number of amides is 3. The molecule has 7 nitrogen and oxygen atoms in total.